The van der Waals surface area contributed by atoms with E-state index in [9.17, 15) is 73.2 Å². The molecule has 0 radical (unpaired) electrons. The topological polar surface area (TPSA) is 441 Å². The largest absolute Gasteiger partial charge is 0.481 e. The quantitative estimate of drug-likeness (QED) is 0.0228. The van der Waals surface area contributed by atoms with Crippen LogP contribution in [0, 0.1) is 0 Å². The van der Waals surface area contributed by atoms with Crippen molar-refractivity contribution in [3.05, 3.63) is 108 Å². The summed E-state index contributed by atoms with van der Waals surface area (Å²) in [4.78, 5) is 147. The highest BCUT2D eigenvalue weighted by Crippen LogP contribution is 2.20. The predicted molar refractivity (Wildman–Crippen MR) is 273 cm³/mol. The molecule has 1 heterocycles. The highest BCUT2D eigenvalue weighted by Gasteiger charge is 2.35. The van der Waals surface area contributed by atoms with Crippen molar-refractivity contribution in [1.82, 2.24) is 42.2 Å². The Morgan fingerprint density at radius 2 is 0.896 bits per heavy atom. The lowest BCUT2D eigenvalue weighted by Crippen LogP contribution is -2.61. The number of aliphatic hydroxyl groups is 1. The van der Waals surface area contributed by atoms with E-state index < -0.39 is 146 Å². The van der Waals surface area contributed by atoms with Gasteiger partial charge in [-0.25, -0.2) is 4.79 Å². The number of aliphatic carboxylic acids is 4. The summed E-state index contributed by atoms with van der Waals surface area (Å²) in [6, 6.07) is 10.2. The maximum absolute atomic E-state index is 14.4. The first kappa shape index (κ1) is 60.8. The van der Waals surface area contributed by atoms with E-state index in [1.807, 2.05) is 0 Å². The number of carboxylic acids is 4. The van der Waals surface area contributed by atoms with Gasteiger partial charge >= 0.3 is 23.9 Å². The molecule has 26 nitrogen and oxygen atoms in total. The molecule has 0 saturated heterocycles. The number of H-pyrrole nitrogens is 1. The number of fused-ring (bicyclic) bond motifs is 1. The molecule has 0 spiro atoms. The van der Waals surface area contributed by atoms with Gasteiger partial charge in [0.05, 0.1) is 25.5 Å². The molecule has 77 heavy (non-hydrogen) atoms. The van der Waals surface area contributed by atoms with Crippen LogP contribution in [-0.2, 0) is 72.0 Å². The Morgan fingerprint density at radius 1 is 0.468 bits per heavy atom. The first-order valence-electron chi connectivity index (χ1n) is 24.4. The van der Waals surface area contributed by atoms with Gasteiger partial charge in [-0.2, -0.15) is 0 Å². The summed E-state index contributed by atoms with van der Waals surface area (Å²) in [6.07, 6.45) is -1.57. The van der Waals surface area contributed by atoms with E-state index >= 15 is 0 Å². The van der Waals surface area contributed by atoms with Gasteiger partial charge < -0.3 is 79.2 Å². The second-order valence-electron chi connectivity index (χ2n) is 17.9. The van der Waals surface area contributed by atoms with Crippen molar-refractivity contribution in [2.75, 3.05) is 13.2 Å². The Balaban J connectivity index is 1.61. The van der Waals surface area contributed by atoms with Gasteiger partial charge in [0.1, 0.15) is 42.3 Å². The summed E-state index contributed by atoms with van der Waals surface area (Å²) in [6.45, 7) is -0.874. The maximum Gasteiger partial charge on any atom is 0.326 e. The number of hydrogen-bond acceptors (Lipinski definition) is 14. The molecule has 7 amide bonds. The summed E-state index contributed by atoms with van der Waals surface area (Å²) in [5, 5.41) is 65.7. The number of nitrogens with two attached hydrogens (primary N) is 2. The normalized spacial score (nSPS) is 14.1. The van der Waals surface area contributed by atoms with Crippen LogP contribution in [0.25, 0.3) is 10.9 Å². The number of aliphatic hydroxyl groups excluding tert-OH is 1. The highest BCUT2D eigenvalue weighted by atomic mass is 16.4. The number of para-hydroxylation sites is 1. The van der Waals surface area contributed by atoms with Crippen LogP contribution in [0.1, 0.15) is 61.6 Å². The Labute approximate surface area is 440 Å². The van der Waals surface area contributed by atoms with Crippen LogP contribution in [0.2, 0.25) is 0 Å². The fourth-order valence-electron chi connectivity index (χ4n) is 7.91. The van der Waals surface area contributed by atoms with E-state index in [2.05, 4.69) is 42.2 Å². The molecule has 8 atom stereocenters. The summed E-state index contributed by atoms with van der Waals surface area (Å²) in [5.41, 5.74) is 13.5. The fourth-order valence-corrected chi connectivity index (χ4v) is 7.91. The number of carboxylic acid groups (broad SMARTS) is 4. The van der Waals surface area contributed by atoms with Crippen LogP contribution >= 0.6 is 0 Å². The first-order valence-corrected chi connectivity index (χ1v) is 24.4. The third-order valence-corrected chi connectivity index (χ3v) is 12.0. The van der Waals surface area contributed by atoms with Gasteiger partial charge in [-0.3, -0.25) is 47.9 Å². The lowest BCUT2D eigenvalue weighted by molar-refractivity contribution is -0.147. The number of unbranched alkanes of at least 4 members (excludes halogenated alkanes) is 1. The average Bonchev–Trinajstić information content (AvgIpc) is 3.80. The molecule has 4 rings (SSSR count). The van der Waals surface area contributed by atoms with Crippen molar-refractivity contribution >= 4 is 76.1 Å². The second-order valence-corrected chi connectivity index (χ2v) is 17.9. The Hall–Kier alpha value is -8.75. The van der Waals surface area contributed by atoms with Gasteiger partial charge in [-0.1, -0.05) is 78.9 Å². The van der Waals surface area contributed by atoms with Crippen molar-refractivity contribution in [3.63, 3.8) is 0 Å². The number of hydrogen-bond donors (Lipinski definition) is 15. The lowest BCUT2D eigenvalue weighted by Gasteiger charge is -2.27. The summed E-state index contributed by atoms with van der Waals surface area (Å²) in [5.74, 6) is -13.4. The minimum Gasteiger partial charge on any atom is -0.481 e. The van der Waals surface area contributed by atoms with E-state index in [1.54, 1.807) is 91.1 Å². The molecule has 0 saturated carbocycles. The minimum atomic E-state index is -1.91. The SMILES string of the molecule is NCCCC[C@H](NC(=O)[C@@H](N)CC(=O)O)C(=O)N[C@@H](Cc1ccccc1)C(=O)N[C@@H](CO)C(=O)N[C@@H](CCC(=O)O)C(=O)N[C@@H](Cc1ccccc1)C(=O)N[C@@H](Cc1c[nH]c2ccccc12)C(=O)N[C@@H](CC(=O)O)C(=O)O. The van der Waals surface area contributed by atoms with E-state index in [0.717, 1.165) is 0 Å². The molecular weight excluding hydrogens is 1010 g/mol. The number of benzene rings is 3. The zero-order chi connectivity index (χ0) is 56.6. The summed E-state index contributed by atoms with van der Waals surface area (Å²) in [7, 11) is 0. The number of nitrogens with one attached hydrogen (secondary N) is 8. The van der Waals surface area contributed by atoms with Crippen molar-refractivity contribution in [2.45, 2.75) is 113 Å². The van der Waals surface area contributed by atoms with E-state index in [0.29, 0.717) is 40.4 Å². The van der Waals surface area contributed by atoms with Crippen molar-refractivity contribution in [1.29, 1.82) is 0 Å². The molecule has 0 bridgehead atoms. The van der Waals surface area contributed by atoms with Crippen LogP contribution in [0.3, 0.4) is 0 Å². The van der Waals surface area contributed by atoms with Crippen LogP contribution < -0.4 is 48.7 Å². The smallest absolute Gasteiger partial charge is 0.326 e. The van der Waals surface area contributed by atoms with Gasteiger partial charge in [0.15, 0.2) is 0 Å². The molecule has 0 fully saturated rings. The van der Waals surface area contributed by atoms with E-state index in [4.69, 9.17) is 16.6 Å². The maximum atomic E-state index is 14.4. The standard InChI is InChI=1S/C51H64N10O16/c52-20-10-9-17-34(55-44(69)32(53)24-42(65)66)45(70)57-37(22-29-13-5-2-6-14-29)48(73)61-40(27-62)50(75)56-35(18-19-41(63)64)46(71)58-36(21-28-11-3-1-4-12-28)47(72)59-38(49(74)60-39(51(76)77)25-43(67)68)23-30-26-54-33-16-8-7-15-31(30)33/h1-8,11-16,26,32,34-40,54,62H,9-10,17-25,27,52-53H2,(H,55,69)(H,56,75)(H,57,70)(H,58,71)(H,59,72)(H,60,74)(H,61,73)(H,63,64)(H,65,66)(H,67,68)(H,76,77)/t32-,34-,35-,36-,37-,38-,39-,40-/m0/s1. The first-order chi connectivity index (χ1) is 36.7. The number of amides is 7. The van der Waals surface area contributed by atoms with Gasteiger partial charge in [0.2, 0.25) is 41.4 Å². The fraction of sp³-hybridized carbons (Fsp3) is 0.392. The van der Waals surface area contributed by atoms with E-state index in [1.165, 1.54) is 0 Å². The van der Waals surface area contributed by atoms with Crippen LogP contribution in [-0.4, -0.2) is 157 Å². The molecule has 4 aromatic rings. The molecule has 414 valence electrons. The van der Waals surface area contributed by atoms with Crippen LogP contribution in [0.5, 0.6) is 0 Å². The Morgan fingerprint density at radius 3 is 1.39 bits per heavy atom. The predicted octanol–water partition coefficient (Wildman–Crippen LogP) is -2.06. The third-order valence-electron chi connectivity index (χ3n) is 12.0. The van der Waals surface area contributed by atoms with E-state index in [-0.39, 0.29) is 32.2 Å². The zero-order valence-electron chi connectivity index (χ0n) is 41.6. The number of aromatic amines is 1. The lowest BCUT2D eigenvalue weighted by atomic mass is 10.0. The van der Waals surface area contributed by atoms with Gasteiger partial charge in [0, 0.05) is 42.8 Å². The molecule has 26 heteroatoms. The zero-order valence-corrected chi connectivity index (χ0v) is 41.6. The van der Waals surface area contributed by atoms with Crippen molar-refractivity contribution in [3.8, 4) is 0 Å². The molecule has 0 aliphatic carbocycles. The second kappa shape index (κ2) is 30.6. The average molecular weight is 1070 g/mol. The molecule has 1 aromatic heterocycles. The number of carbonyl (C=O) groups excluding carboxylic acids is 7. The summed E-state index contributed by atoms with van der Waals surface area (Å²) >= 11 is 0. The van der Waals surface area contributed by atoms with Crippen molar-refractivity contribution < 1.29 is 78.3 Å². The van der Waals surface area contributed by atoms with Gasteiger partial charge in [-0.05, 0) is 55.0 Å². The molecule has 3 aromatic carbocycles. The number of rotatable bonds is 33. The Bertz CT molecular complexity index is 2710. The van der Waals surface area contributed by atoms with Gasteiger partial charge in [0.25, 0.3) is 0 Å². The van der Waals surface area contributed by atoms with Crippen LogP contribution in [0.15, 0.2) is 91.1 Å². The van der Waals surface area contributed by atoms with Crippen LogP contribution in [0.4, 0.5) is 0 Å². The third kappa shape index (κ3) is 20.1. The Kier molecular flexibility index (Phi) is 24.1. The van der Waals surface area contributed by atoms with Gasteiger partial charge in [-0.15, -0.1) is 0 Å². The summed E-state index contributed by atoms with van der Waals surface area (Å²) < 4.78 is 0. The molecule has 0 unspecified atom stereocenters. The monoisotopic (exact) mass is 1070 g/mol. The number of aromatic nitrogens is 1. The molecular formula is C51H64N10O16. The minimum absolute atomic E-state index is 0.00763. The van der Waals surface area contributed by atoms with Crippen molar-refractivity contribution in [2.24, 2.45) is 11.5 Å². The molecule has 17 N–H and O–H groups in total. The number of carbonyl (C=O) groups is 11. The highest BCUT2D eigenvalue weighted by molar-refractivity contribution is 5.98. The molecule has 0 aliphatic rings. The molecule has 0 aliphatic heterocycles.